The van der Waals surface area contributed by atoms with Crippen LogP contribution in [0.1, 0.15) is 46.5 Å². The van der Waals surface area contributed by atoms with Gasteiger partial charge in [0.15, 0.2) is 0 Å². The van der Waals surface area contributed by atoms with E-state index in [4.69, 9.17) is 0 Å². The third-order valence-corrected chi connectivity index (χ3v) is 4.15. The number of carbonyl (C=O) groups excluding carboxylic acids is 2. The fraction of sp³-hybridized carbons (Fsp3) is 0.333. The van der Waals surface area contributed by atoms with Crippen LogP contribution in [-0.2, 0) is 4.74 Å². The lowest BCUT2D eigenvalue weighted by atomic mass is 10.2. The molecule has 0 atom stereocenters. The van der Waals surface area contributed by atoms with E-state index in [1.807, 2.05) is 0 Å². The Morgan fingerprint density at radius 2 is 1.96 bits per heavy atom. The van der Waals surface area contributed by atoms with Crippen LogP contribution in [0.15, 0.2) is 36.7 Å². The monoisotopic (exact) mass is 340 g/mol. The predicted octanol–water partition coefficient (Wildman–Crippen LogP) is 2.87. The summed E-state index contributed by atoms with van der Waals surface area (Å²) in [6.07, 6.45) is 6.04. The smallest absolute Gasteiger partial charge is 0.337 e. The fourth-order valence-electron chi connectivity index (χ4n) is 2.88. The lowest BCUT2D eigenvalue weighted by molar-refractivity contribution is 0.0600. The van der Waals surface area contributed by atoms with E-state index in [2.05, 4.69) is 25.3 Å². The average molecular weight is 340 g/mol. The zero-order valence-electron chi connectivity index (χ0n) is 14.0. The van der Waals surface area contributed by atoms with Crippen LogP contribution in [0.25, 0.3) is 0 Å². The van der Waals surface area contributed by atoms with Gasteiger partial charge in [-0.15, -0.1) is 0 Å². The van der Waals surface area contributed by atoms with E-state index < -0.39 is 5.97 Å². The topological polar surface area (TPSA) is 93.2 Å². The lowest BCUT2D eigenvalue weighted by Gasteiger charge is -2.13. The SMILES string of the molecule is COC(=O)c1cccc(NC(=O)c2cc(NC3CCCC3)ncn2)c1. The molecule has 130 valence electrons. The molecule has 1 aromatic heterocycles. The van der Waals surface area contributed by atoms with Gasteiger partial charge < -0.3 is 15.4 Å². The van der Waals surface area contributed by atoms with E-state index >= 15 is 0 Å². The predicted molar refractivity (Wildman–Crippen MR) is 93.6 cm³/mol. The van der Waals surface area contributed by atoms with E-state index in [-0.39, 0.29) is 11.6 Å². The number of benzene rings is 1. The van der Waals surface area contributed by atoms with E-state index in [9.17, 15) is 9.59 Å². The number of carbonyl (C=O) groups is 2. The summed E-state index contributed by atoms with van der Waals surface area (Å²) in [5.74, 6) is -0.171. The summed E-state index contributed by atoms with van der Waals surface area (Å²) < 4.78 is 4.68. The highest BCUT2D eigenvalue weighted by Crippen LogP contribution is 2.21. The number of methoxy groups -OCH3 is 1. The number of rotatable bonds is 5. The molecule has 25 heavy (non-hydrogen) atoms. The highest BCUT2D eigenvalue weighted by molar-refractivity contribution is 6.03. The van der Waals surface area contributed by atoms with Crippen molar-refractivity contribution in [1.29, 1.82) is 0 Å². The Kier molecular flexibility index (Phi) is 5.23. The first-order valence-corrected chi connectivity index (χ1v) is 8.24. The van der Waals surface area contributed by atoms with Crippen LogP contribution in [0.5, 0.6) is 0 Å². The van der Waals surface area contributed by atoms with Crippen LogP contribution >= 0.6 is 0 Å². The number of nitrogens with zero attached hydrogens (tertiary/aromatic N) is 2. The molecule has 1 aliphatic carbocycles. The minimum atomic E-state index is -0.457. The second-order valence-corrected chi connectivity index (χ2v) is 5.94. The van der Waals surface area contributed by atoms with Gasteiger partial charge in [-0.25, -0.2) is 14.8 Å². The first-order chi connectivity index (χ1) is 12.2. The fourth-order valence-corrected chi connectivity index (χ4v) is 2.88. The van der Waals surface area contributed by atoms with E-state index in [0.29, 0.717) is 23.1 Å². The minimum Gasteiger partial charge on any atom is -0.465 e. The van der Waals surface area contributed by atoms with Crippen LogP contribution in [-0.4, -0.2) is 35.0 Å². The number of aromatic nitrogens is 2. The van der Waals surface area contributed by atoms with E-state index in [1.165, 1.54) is 26.3 Å². The number of esters is 1. The number of anilines is 2. The third kappa shape index (κ3) is 4.32. The Morgan fingerprint density at radius 3 is 2.72 bits per heavy atom. The Morgan fingerprint density at radius 1 is 1.16 bits per heavy atom. The maximum Gasteiger partial charge on any atom is 0.337 e. The van der Waals surface area contributed by atoms with Crippen molar-refractivity contribution < 1.29 is 14.3 Å². The summed E-state index contributed by atoms with van der Waals surface area (Å²) in [4.78, 5) is 32.2. The number of ether oxygens (including phenoxy) is 1. The second-order valence-electron chi connectivity index (χ2n) is 5.94. The van der Waals surface area contributed by atoms with Crippen LogP contribution in [0.3, 0.4) is 0 Å². The molecule has 0 radical (unpaired) electrons. The summed E-state index contributed by atoms with van der Waals surface area (Å²) in [6.45, 7) is 0. The zero-order chi connectivity index (χ0) is 17.6. The highest BCUT2D eigenvalue weighted by Gasteiger charge is 2.16. The zero-order valence-corrected chi connectivity index (χ0v) is 14.0. The minimum absolute atomic E-state index is 0.263. The van der Waals surface area contributed by atoms with Crippen molar-refractivity contribution in [3.8, 4) is 0 Å². The Hall–Kier alpha value is -2.96. The van der Waals surface area contributed by atoms with Gasteiger partial charge in [-0.1, -0.05) is 18.9 Å². The van der Waals surface area contributed by atoms with Crippen molar-refractivity contribution in [1.82, 2.24) is 9.97 Å². The molecular formula is C18H20N4O3. The summed E-state index contributed by atoms with van der Waals surface area (Å²) in [6, 6.07) is 8.59. The van der Waals surface area contributed by atoms with E-state index in [0.717, 1.165) is 12.8 Å². The summed E-state index contributed by atoms with van der Waals surface area (Å²) in [5, 5.41) is 6.07. The van der Waals surface area contributed by atoms with Gasteiger partial charge in [0, 0.05) is 17.8 Å². The standard InChI is InChI=1S/C18H20N4O3/c1-25-18(24)12-5-4-8-14(9-12)22-17(23)15-10-16(20-11-19-15)21-13-6-2-3-7-13/h4-5,8-11,13H,2-3,6-7H2,1H3,(H,22,23)(H,19,20,21). The molecule has 7 nitrogen and oxygen atoms in total. The molecule has 2 N–H and O–H groups in total. The molecule has 0 unspecified atom stereocenters. The molecule has 0 bridgehead atoms. The summed E-state index contributed by atoms with van der Waals surface area (Å²) in [5.41, 5.74) is 1.13. The highest BCUT2D eigenvalue weighted by atomic mass is 16.5. The van der Waals surface area contributed by atoms with Gasteiger partial charge in [0.1, 0.15) is 17.8 Å². The van der Waals surface area contributed by atoms with Crippen molar-refractivity contribution in [3.05, 3.63) is 47.9 Å². The van der Waals surface area contributed by atoms with Crippen LogP contribution in [0, 0.1) is 0 Å². The van der Waals surface area contributed by atoms with Crippen molar-refractivity contribution in [2.24, 2.45) is 0 Å². The largest absolute Gasteiger partial charge is 0.465 e. The maximum absolute atomic E-state index is 12.4. The summed E-state index contributed by atoms with van der Waals surface area (Å²) in [7, 11) is 1.31. The van der Waals surface area contributed by atoms with E-state index in [1.54, 1.807) is 30.3 Å². The molecule has 7 heteroatoms. The molecule has 1 aliphatic rings. The average Bonchev–Trinajstić information content (AvgIpc) is 3.14. The molecule has 1 amide bonds. The molecule has 0 aliphatic heterocycles. The van der Waals surface area contributed by atoms with Crippen molar-refractivity contribution >= 4 is 23.4 Å². The Bertz CT molecular complexity index is 772. The number of hydrogen-bond donors (Lipinski definition) is 2. The molecule has 1 heterocycles. The molecular weight excluding hydrogens is 320 g/mol. The van der Waals surface area contributed by atoms with Gasteiger partial charge >= 0.3 is 5.97 Å². The van der Waals surface area contributed by atoms with Gasteiger partial charge in [-0.05, 0) is 31.0 Å². The Labute approximate surface area is 145 Å². The Balaban J connectivity index is 1.69. The molecule has 0 saturated heterocycles. The molecule has 2 aromatic rings. The number of hydrogen-bond acceptors (Lipinski definition) is 6. The van der Waals surface area contributed by atoms with Crippen LogP contribution in [0.4, 0.5) is 11.5 Å². The molecule has 0 spiro atoms. The van der Waals surface area contributed by atoms with Gasteiger partial charge in [0.25, 0.3) is 5.91 Å². The molecule has 1 saturated carbocycles. The van der Waals surface area contributed by atoms with Crippen LogP contribution < -0.4 is 10.6 Å². The lowest BCUT2D eigenvalue weighted by Crippen LogP contribution is -2.18. The third-order valence-electron chi connectivity index (χ3n) is 4.15. The first kappa shape index (κ1) is 16.9. The van der Waals surface area contributed by atoms with Crippen molar-refractivity contribution in [3.63, 3.8) is 0 Å². The number of amides is 1. The first-order valence-electron chi connectivity index (χ1n) is 8.24. The van der Waals surface area contributed by atoms with Crippen molar-refractivity contribution in [2.75, 3.05) is 17.7 Å². The normalized spacial score (nSPS) is 14.1. The molecule has 3 rings (SSSR count). The molecule has 1 aromatic carbocycles. The molecule has 1 fully saturated rings. The van der Waals surface area contributed by atoms with Gasteiger partial charge in [0.05, 0.1) is 12.7 Å². The van der Waals surface area contributed by atoms with Crippen LogP contribution in [0.2, 0.25) is 0 Å². The van der Waals surface area contributed by atoms with Crippen molar-refractivity contribution in [2.45, 2.75) is 31.7 Å². The number of nitrogens with one attached hydrogen (secondary N) is 2. The van der Waals surface area contributed by atoms with Gasteiger partial charge in [-0.3, -0.25) is 4.79 Å². The maximum atomic E-state index is 12.4. The second kappa shape index (κ2) is 7.74. The van der Waals surface area contributed by atoms with Gasteiger partial charge in [0.2, 0.25) is 0 Å². The summed E-state index contributed by atoms with van der Waals surface area (Å²) >= 11 is 0. The quantitative estimate of drug-likeness (QED) is 0.813. The van der Waals surface area contributed by atoms with Gasteiger partial charge in [-0.2, -0.15) is 0 Å².